The minimum Gasteiger partial charge on any atom is -0.497 e. The van der Waals surface area contributed by atoms with Crippen LogP contribution in [0.15, 0.2) is 71.3 Å². The molecule has 2 N–H and O–H groups in total. The minimum absolute atomic E-state index is 0.352. The van der Waals surface area contributed by atoms with Gasteiger partial charge >= 0.3 is 0 Å². The van der Waals surface area contributed by atoms with Crippen molar-refractivity contribution in [2.75, 3.05) is 19.1 Å². The predicted octanol–water partition coefficient (Wildman–Crippen LogP) is 5.17. The van der Waals surface area contributed by atoms with Crippen molar-refractivity contribution in [3.05, 3.63) is 72.5 Å². The molecule has 29 heavy (non-hydrogen) atoms. The molecule has 0 spiro atoms. The molecule has 0 saturated carbocycles. The Hall–Kier alpha value is -3.08. The van der Waals surface area contributed by atoms with Crippen molar-refractivity contribution in [2.45, 2.75) is 5.66 Å². The summed E-state index contributed by atoms with van der Waals surface area (Å²) in [5, 5.41) is 5.35. The summed E-state index contributed by atoms with van der Waals surface area (Å²) >= 11 is 0. The lowest BCUT2D eigenvalue weighted by Crippen LogP contribution is -2.21. The fourth-order valence-corrected chi connectivity index (χ4v) is 4.68. The van der Waals surface area contributed by atoms with E-state index in [4.69, 9.17) is 9.15 Å². The summed E-state index contributed by atoms with van der Waals surface area (Å²) in [6.45, 7) is 1.18. The van der Waals surface area contributed by atoms with Crippen LogP contribution in [0.25, 0.3) is 21.7 Å². The van der Waals surface area contributed by atoms with Gasteiger partial charge in [-0.1, -0.05) is 30.3 Å². The zero-order chi connectivity index (χ0) is 20.6. The van der Waals surface area contributed by atoms with Gasteiger partial charge in [0.25, 0.3) is 0 Å². The Morgan fingerprint density at radius 1 is 1.10 bits per heavy atom. The Morgan fingerprint density at radius 3 is 2.59 bits per heavy atom. The third-order valence-corrected chi connectivity index (χ3v) is 6.32. The normalized spacial score (nSPS) is 14.4. The molecule has 0 aliphatic rings. The third-order valence-electron chi connectivity index (χ3n) is 4.85. The molecule has 0 fully saturated rings. The molecule has 4 rings (SSSR count). The van der Waals surface area contributed by atoms with Crippen LogP contribution in [0, 0.1) is 0 Å². The number of nitrogens with one attached hydrogen (secondary N) is 1. The predicted molar refractivity (Wildman–Crippen MR) is 114 cm³/mol. The van der Waals surface area contributed by atoms with Crippen molar-refractivity contribution in [3.63, 3.8) is 0 Å². The highest BCUT2D eigenvalue weighted by Crippen LogP contribution is 2.54. The number of methoxy groups -OCH3 is 1. The molecule has 1 heterocycles. The summed E-state index contributed by atoms with van der Waals surface area (Å²) in [5.74, 6) is -0.00292. The van der Waals surface area contributed by atoms with Crippen LogP contribution in [0.3, 0.4) is 0 Å². The molecule has 148 valence electrons. The standard InChI is InChI=1S/C22H20NO5P/c1-27-17-9-10-20-18(12-17)19(13-28-20)21(29(2,25)26)22(24)23-16-8-7-14-5-3-4-6-15(14)11-16/h3-13,21H,1-2H3,(H,23,24)(H,25,26). The van der Waals surface area contributed by atoms with Crippen molar-refractivity contribution >= 4 is 40.7 Å². The number of hydrogen-bond acceptors (Lipinski definition) is 4. The number of fused-ring (bicyclic) bond motifs is 2. The SMILES string of the molecule is COc1ccc2occ(C(C(=O)Nc3ccc4ccccc4c3)P(C)(=O)O)c2c1. The number of ether oxygens (including phenoxy) is 1. The summed E-state index contributed by atoms with van der Waals surface area (Å²) < 4.78 is 23.4. The van der Waals surface area contributed by atoms with E-state index in [2.05, 4.69) is 5.32 Å². The van der Waals surface area contributed by atoms with Gasteiger partial charge in [0, 0.05) is 23.3 Å². The molecule has 3 aromatic carbocycles. The zero-order valence-electron chi connectivity index (χ0n) is 16.0. The lowest BCUT2D eigenvalue weighted by Gasteiger charge is -2.19. The van der Waals surface area contributed by atoms with E-state index in [9.17, 15) is 14.3 Å². The van der Waals surface area contributed by atoms with E-state index in [0.29, 0.717) is 28.0 Å². The topological polar surface area (TPSA) is 88.8 Å². The summed E-state index contributed by atoms with van der Waals surface area (Å²) in [6.07, 6.45) is 1.36. The highest BCUT2D eigenvalue weighted by atomic mass is 31.2. The Kier molecular flexibility index (Phi) is 4.91. The molecule has 2 atom stereocenters. The van der Waals surface area contributed by atoms with E-state index < -0.39 is 18.9 Å². The number of benzene rings is 3. The van der Waals surface area contributed by atoms with Crippen LogP contribution < -0.4 is 10.1 Å². The van der Waals surface area contributed by atoms with Crippen LogP contribution in [0.1, 0.15) is 11.2 Å². The van der Waals surface area contributed by atoms with Gasteiger partial charge in [0.1, 0.15) is 17.0 Å². The van der Waals surface area contributed by atoms with Gasteiger partial charge < -0.3 is 19.4 Å². The number of hydrogen-bond donors (Lipinski definition) is 2. The summed E-state index contributed by atoms with van der Waals surface area (Å²) in [5.41, 5.74) is 0.142. The summed E-state index contributed by atoms with van der Waals surface area (Å²) in [6, 6.07) is 18.4. The monoisotopic (exact) mass is 409 g/mol. The van der Waals surface area contributed by atoms with Crippen molar-refractivity contribution in [3.8, 4) is 5.75 Å². The summed E-state index contributed by atoms with van der Waals surface area (Å²) in [4.78, 5) is 23.5. The van der Waals surface area contributed by atoms with E-state index in [1.165, 1.54) is 20.0 Å². The first-order valence-corrected chi connectivity index (χ1v) is 11.2. The highest BCUT2D eigenvalue weighted by Gasteiger charge is 2.37. The van der Waals surface area contributed by atoms with E-state index >= 15 is 0 Å². The zero-order valence-corrected chi connectivity index (χ0v) is 16.9. The molecule has 0 saturated heterocycles. The van der Waals surface area contributed by atoms with Crippen LogP contribution >= 0.6 is 7.37 Å². The number of furan rings is 1. The van der Waals surface area contributed by atoms with Crippen LogP contribution in [0.4, 0.5) is 5.69 Å². The maximum Gasteiger partial charge on any atom is 0.241 e. The molecule has 7 heteroatoms. The van der Waals surface area contributed by atoms with Gasteiger partial charge in [-0.2, -0.15) is 0 Å². The molecular weight excluding hydrogens is 389 g/mol. The van der Waals surface area contributed by atoms with E-state index in [1.807, 2.05) is 36.4 Å². The van der Waals surface area contributed by atoms with Crippen molar-refractivity contribution in [1.29, 1.82) is 0 Å². The Balaban J connectivity index is 1.73. The fourth-order valence-electron chi connectivity index (χ4n) is 3.46. The van der Waals surface area contributed by atoms with Crippen molar-refractivity contribution in [1.82, 2.24) is 0 Å². The summed E-state index contributed by atoms with van der Waals surface area (Å²) in [7, 11) is -2.32. The van der Waals surface area contributed by atoms with E-state index in [0.717, 1.165) is 10.8 Å². The average molecular weight is 409 g/mol. The fraction of sp³-hybridized carbons (Fsp3) is 0.136. The molecule has 0 aliphatic carbocycles. The van der Waals surface area contributed by atoms with Crippen molar-refractivity contribution in [2.24, 2.45) is 0 Å². The Bertz CT molecular complexity index is 1260. The number of amides is 1. The van der Waals surface area contributed by atoms with Crippen LogP contribution in [0.2, 0.25) is 0 Å². The van der Waals surface area contributed by atoms with Gasteiger partial charge in [-0.25, -0.2) is 0 Å². The van der Waals surface area contributed by atoms with Gasteiger partial charge in [0.15, 0.2) is 0 Å². The first-order chi connectivity index (χ1) is 13.9. The lowest BCUT2D eigenvalue weighted by molar-refractivity contribution is -0.116. The molecular formula is C22H20NO5P. The number of carbonyl (C=O) groups is 1. The van der Waals surface area contributed by atoms with Crippen LogP contribution in [-0.4, -0.2) is 24.6 Å². The minimum atomic E-state index is -3.85. The van der Waals surface area contributed by atoms with E-state index in [-0.39, 0.29) is 0 Å². The second kappa shape index (κ2) is 7.39. The maximum absolute atomic E-state index is 13.1. The quantitative estimate of drug-likeness (QED) is 0.444. The highest BCUT2D eigenvalue weighted by molar-refractivity contribution is 7.58. The third kappa shape index (κ3) is 3.77. The van der Waals surface area contributed by atoms with Crippen LogP contribution in [-0.2, 0) is 9.36 Å². The van der Waals surface area contributed by atoms with Crippen molar-refractivity contribution < 1.29 is 23.4 Å². The molecule has 0 radical (unpaired) electrons. The first-order valence-electron chi connectivity index (χ1n) is 9.01. The van der Waals surface area contributed by atoms with Gasteiger partial charge in [-0.3, -0.25) is 9.36 Å². The number of carbonyl (C=O) groups excluding carboxylic acids is 1. The average Bonchev–Trinajstić information content (AvgIpc) is 3.09. The molecule has 1 amide bonds. The maximum atomic E-state index is 13.1. The van der Waals surface area contributed by atoms with E-state index in [1.54, 1.807) is 24.3 Å². The molecule has 4 aromatic rings. The second-order valence-electron chi connectivity index (χ2n) is 6.95. The second-order valence-corrected chi connectivity index (χ2v) is 9.35. The molecule has 1 aromatic heterocycles. The molecule has 2 unspecified atom stereocenters. The number of anilines is 1. The van der Waals surface area contributed by atoms with Gasteiger partial charge in [-0.05, 0) is 41.1 Å². The van der Waals surface area contributed by atoms with Gasteiger partial charge in [0.2, 0.25) is 13.3 Å². The number of rotatable bonds is 5. The van der Waals surface area contributed by atoms with Gasteiger partial charge in [-0.15, -0.1) is 0 Å². The Morgan fingerprint density at radius 2 is 1.86 bits per heavy atom. The largest absolute Gasteiger partial charge is 0.497 e. The van der Waals surface area contributed by atoms with Gasteiger partial charge in [0.05, 0.1) is 13.4 Å². The lowest BCUT2D eigenvalue weighted by atomic mass is 10.1. The van der Waals surface area contributed by atoms with Crippen LogP contribution in [0.5, 0.6) is 5.75 Å². The molecule has 0 bridgehead atoms. The first kappa shape index (κ1) is 19.2. The smallest absolute Gasteiger partial charge is 0.241 e. The molecule has 0 aliphatic heterocycles. The molecule has 6 nitrogen and oxygen atoms in total. The Labute approximate surface area is 167 Å².